The molecule has 0 aliphatic rings. The van der Waals surface area contributed by atoms with E-state index in [0.29, 0.717) is 5.15 Å². The Morgan fingerprint density at radius 1 is 1.42 bits per heavy atom. The third-order valence-electron chi connectivity index (χ3n) is 1.96. The fourth-order valence-electron chi connectivity index (χ4n) is 1.27. The predicted molar refractivity (Wildman–Crippen MR) is 48.0 cm³/mol. The molecular weight excluding hydrogens is 177 g/mol. The second kappa shape index (κ2) is 2.49. The summed E-state index contributed by atoms with van der Waals surface area (Å²) in [5, 5.41) is 1.43. The second-order valence-electron chi connectivity index (χ2n) is 2.75. The molecule has 0 atom stereocenters. The lowest BCUT2D eigenvalue weighted by atomic mass is 10.2. The molecule has 0 saturated carbocycles. The van der Waals surface area contributed by atoms with Gasteiger partial charge in [-0.1, -0.05) is 11.6 Å². The number of hydrogen-bond donors (Lipinski definition) is 1. The molecule has 3 heteroatoms. The zero-order chi connectivity index (χ0) is 8.72. The molecule has 1 N–H and O–H groups in total. The molecule has 62 valence electrons. The standard InChI is InChI=1S/C9H7ClFN/c1-5-7-4-6(11)2-3-8(7)12-9(5)10/h2-4,12H,1H3. The van der Waals surface area contributed by atoms with Gasteiger partial charge in [0.25, 0.3) is 0 Å². The number of rotatable bonds is 0. The lowest BCUT2D eigenvalue weighted by molar-refractivity contribution is 0.629. The second-order valence-corrected chi connectivity index (χ2v) is 3.13. The molecule has 0 radical (unpaired) electrons. The highest BCUT2D eigenvalue weighted by Gasteiger charge is 2.05. The number of fused-ring (bicyclic) bond motifs is 1. The maximum Gasteiger partial charge on any atom is 0.123 e. The summed E-state index contributed by atoms with van der Waals surface area (Å²) < 4.78 is 12.8. The molecule has 1 nitrogen and oxygen atoms in total. The highest BCUT2D eigenvalue weighted by atomic mass is 35.5. The topological polar surface area (TPSA) is 15.8 Å². The summed E-state index contributed by atoms with van der Waals surface area (Å²) in [5.74, 6) is -0.235. The van der Waals surface area contributed by atoms with Crippen LogP contribution in [0.5, 0.6) is 0 Å². The Kier molecular flexibility index (Phi) is 1.58. The summed E-state index contributed by atoms with van der Waals surface area (Å²) in [6.07, 6.45) is 0. The van der Waals surface area contributed by atoms with Crippen molar-refractivity contribution in [3.8, 4) is 0 Å². The van der Waals surface area contributed by atoms with Gasteiger partial charge in [0.15, 0.2) is 0 Å². The summed E-state index contributed by atoms with van der Waals surface area (Å²) in [7, 11) is 0. The third-order valence-corrected chi connectivity index (χ3v) is 2.34. The minimum Gasteiger partial charge on any atom is -0.345 e. The average Bonchev–Trinajstić information content (AvgIpc) is 2.31. The van der Waals surface area contributed by atoms with Crippen molar-refractivity contribution in [2.45, 2.75) is 6.92 Å². The summed E-state index contributed by atoms with van der Waals surface area (Å²) in [4.78, 5) is 2.95. The first-order valence-electron chi connectivity index (χ1n) is 3.62. The number of hydrogen-bond acceptors (Lipinski definition) is 0. The van der Waals surface area contributed by atoms with Gasteiger partial charge < -0.3 is 4.98 Å². The third kappa shape index (κ3) is 0.994. The summed E-state index contributed by atoms with van der Waals surface area (Å²) in [6, 6.07) is 4.57. The Labute approximate surface area is 74.2 Å². The van der Waals surface area contributed by atoms with E-state index < -0.39 is 0 Å². The van der Waals surface area contributed by atoms with Crippen LogP contribution in [-0.4, -0.2) is 4.98 Å². The molecule has 0 fully saturated rings. The maximum absolute atomic E-state index is 12.8. The van der Waals surface area contributed by atoms with Crippen LogP contribution in [0.4, 0.5) is 4.39 Å². The van der Waals surface area contributed by atoms with Crippen molar-refractivity contribution >= 4 is 22.5 Å². The van der Waals surface area contributed by atoms with Crippen LogP contribution >= 0.6 is 11.6 Å². The average molecular weight is 184 g/mol. The largest absolute Gasteiger partial charge is 0.345 e. The van der Waals surface area contributed by atoms with Crippen LogP contribution < -0.4 is 0 Å². The lowest BCUT2D eigenvalue weighted by Gasteiger charge is -1.90. The van der Waals surface area contributed by atoms with Crippen molar-refractivity contribution in [1.82, 2.24) is 4.98 Å². The zero-order valence-electron chi connectivity index (χ0n) is 6.49. The fourth-order valence-corrected chi connectivity index (χ4v) is 1.47. The molecule has 0 aliphatic carbocycles. The lowest BCUT2D eigenvalue weighted by Crippen LogP contribution is -1.73. The van der Waals surface area contributed by atoms with Gasteiger partial charge in [0.2, 0.25) is 0 Å². The fraction of sp³-hybridized carbons (Fsp3) is 0.111. The van der Waals surface area contributed by atoms with Crippen LogP contribution in [0.3, 0.4) is 0 Å². The van der Waals surface area contributed by atoms with E-state index in [2.05, 4.69) is 4.98 Å². The molecule has 12 heavy (non-hydrogen) atoms. The Morgan fingerprint density at radius 2 is 2.17 bits per heavy atom. The number of aromatic nitrogens is 1. The Hall–Kier alpha value is -1.02. The molecule has 1 aromatic heterocycles. The summed E-state index contributed by atoms with van der Waals surface area (Å²) in [6.45, 7) is 1.86. The zero-order valence-corrected chi connectivity index (χ0v) is 7.24. The van der Waals surface area contributed by atoms with Gasteiger partial charge in [-0.05, 0) is 30.7 Å². The number of halogens is 2. The van der Waals surface area contributed by atoms with Gasteiger partial charge in [-0.2, -0.15) is 0 Å². The number of aromatic amines is 1. The van der Waals surface area contributed by atoms with E-state index in [-0.39, 0.29) is 5.82 Å². The molecular formula is C9H7ClFN. The molecule has 0 unspecified atom stereocenters. The van der Waals surface area contributed by atoms with Crippen molar-refractivity contribution in [2.24, 2.45) is 0 Å². The van der Waals surface area contributed by atoms with Crippen molar-refractivity contribution < 1.29 is 4.39 Å². The number of H-pyrrole nitrogens is 1. The first kappa shape index (κ1) is 7.62. The number of aryl methyl sites for hydroxylation is 1. The maximum atomic E-state index is 12.8. The van der Waals surface area contributed by atoms with Gasteiger partial charge in [-0.3, -0.25) is 0 Å². The Bertz CT molecular complexity index is 433. The minimum absolute atomic E-state index is 0.235. The first-order valence-corrected chi connectivity index (χ1v) is 3.99. The van der Waals surface area contributed by atoms with Gasteiger partial charge in [-0.15, -0.1) is 0 Å². The van der Waals surface area contributed by atoms with Gasteiger partial charge in [0, 0.05) is 10.9 Å². The van der Waals surface area contributed by atoms with E-state index in [1.165, 1.54) is 12.1 Å². The van der Waals surface area contributed by atoms with Crippen molar-refractivity contribution in [1.29, 1.82) is 0 Å². The van der Waals surface area contributed by atoms with Crippen LogP contribution in [-0.2, 0) is 0 Å². The van der Waals surface area contributed by atoms with Gasteiger partial charge in [0.1, 0.15) is 11.0 Å². The van der Waals surface area contributed by atoms with Crippen LogP contribution in [0, 0.1) is 12.7 Å². The van der Waals surface area contributed by atoms with Crippen LogP contribution in [0.25, 0.3) is 10.9 Å². The monoisotopic (exact) mass is 183 g/mol. The summed E-state index contributed by atoms with van der Waals surface area (Å²) in [5.41, 5.74) is 1.77. The number of nitrogens with one attached hydrogen (secondary N) is 1. The molecule has 0 aliphatic heterocycles. The van der Waals surface area contributed by atoms with Crippen molar-refractivity contribution in [3.05, 3.63) is 34.7 Å². The highest BCUT2D eigenvalue weighted by Crippen LogP contribution is 2.25. The highest BCUT2D eigenvalue weighted by molar-refractivity contribution is 6.31. The predicted octanol–water partition coefficient (Wildman–Crippen LogP) is 3.27. The molecule has 0 spiro atoms. The number of benzene rings is 1. The minimum atomic E-state index is -0.235. The molecule has 0 saturated heterocycles. The van der Waals surface area contributed by atoms with Crippen molar-refractivity contribution in [3.63, 3.8) is 0 Å². The smallest absolute Gasteiger partial charge is 0.123 e. The molecule has 0 bridgehead atoms. The normalized spacial score (nSPS) is 10.9. The van der Waals surface area contributed by atoms with E-state index in [9.17, 15) is 4.39 Å². The van der Waals surface area contributed by atoms with Crippen LogP contribution in [0.15, 0.2) is 18.2 Å². The molecule has 1 heterocycles. The first-order chi connectivity index (χ1) is 5.68. The molecule has 0 amide bonds. The van der Waals surface area contributed by atoms with E-state index in [0.717, 1.165) is 16.5 Å². The summed E-state index contributed by atoms with van der Waals surface area (Å²) >= 11 is 5.83. The molecule has 2 rings (SSSR count). The van der Waals surface area contributed by atoms with Crippen LogP contribution in [0.1, 0.15) is 5.56 Å². The van der Waals surface area contributed by atoms with E-state index >= 15 is 0 Å². The van der Waals surface area contributed by atoms with Gasteiger partial charge >= 0.3 is 0 Å². The Morgan fingerprint density at radius 3 is 2.92 bits per heavy atom. The van der Waals surface area contributed by atoms with Crippen molar-refractivity contribution in [2.75, 3.05) is 0 Å². The van der Waals surface area contributed by atoms with E-state index in [4.69, 9.17) is 11.6 Å². The van der Waals surface area contributed by atoms with Crippen LogP contribution in [0.2, 0.25) is 5.15 Å². The van der Waals surface area contributed by atoms with Gasteiger partial charge in [0.05, 0.1) is 0 Å². The SMILES string of the molecule is Cc1c(Cl)[nH]c2ccc(F)cc12. The van der Waals surface area contributed by atoms with E-state index in [1.807, 2.05) is 6.92 Å². The molecule has 1 aromatic carbocycles. The van der Waals surface area contributed by atoms with Gasteiger partial charge in [-0.25, -0.2) is 4.39 Å². The molecule has 2 aromatic rings. The van der Waals surface area contributed by atoms with E-state index in [1.54, 1.807) is 6.07 Å². The quantitative estimate of drug-likeness (QED) is 0.645. The Balaban J connectivity index is 2.88.